The van der Waals surface area contributed by atoms with Crippen LogP contribution < -0.4 is 4.72 Å². The lowest BCUT2D eigenvalue weighted by molar-refractivity contribution is -0.139. The van der Waals surface area contributed by atoms with Crippen LogP contribution in [0.5, 0.6) is 0 Å². The molecule has 1 aromatic rings. The minimum Gasteiger partial charge on any atom is -0.480 e. The molecule has 9 heteroatoms. The molecular weight excluding hydrogens is 333 g/mol. The highest BCUT2D eigenvalue weighted by atomic mass is 79.9. The van der Waals surface area contributed by atoms with E-state index in [9.17, 15) is 17.6 Å². The number of carboxylic acids is 1. The average Bonchev–Trinajstić information content (AvgIpc) is 2.24. The second-order valence-electron chi connectivity index (χ2n) is 3.27. The van der Waals surface area contributed by atoms with Gasteiger partial charge in [0.15, 0.2) is 0 Å². The van der Waals surface area contributed by atoms with Crippen molar-refractivity contribution in [3.05, 3.63) is 28.5 Å². The van der Waals surface area contributed by atoms with Gasteiger partial charge in [-0.3, -0.25) is 4.79 Å². The largest absolute Gasteiger partial charge is 0.480 e. The van der Waals surface area contributed by atoms with Crippen LogP contribution >= 0.6 is 15.9 Å². The van der Waals surface area contributed by atoms with Crippen LogP contribution in [0.4, 0.5) is 4.39 Å². The summed E-state index contributed by atoms with van der Waals surface area (Å²) in [5, 5.41) is 17.3. The maximum Gasteiger partial charge on any atom is 0.324 e. The molecule has 0 aliphatic heterocycles. The summed E-state index contributed by atoms with van der Waals surface area (Å²) in [7, 11) is -4.35. The fraction of sp³-hybridized carbons (Fsp3) is 0.222. The summed E-state index contributed by atoms with van der Waals surface area (Å²) in [6.07, 6.45) is 0. The van der Waals surface area contributed by atoms with E-state index in [4.69, 9.17) is 10.2 Å². The molecular formula is C9H9BrFNO5S. The molecule has 0 saturated heterocycles. The molecule has 18 heavy (non-hydrogen) atoms. The zero-order valence-electron chi connectivity index (χ0n) is 8.80. The van der Waals surface area contributed by atoms with Gasteiger partial charge in [0, 0.05) is 4.47 Å². The number of rotatable bonds is 5. The number of hydrogen-bond acceptors (Lipinski definition) is 4. The SMILES string of the molecule is O=C(O)[C@H](CO)NS(=O)(=O)c1ccc(Br)cc1F. The van der Waals surface area contributed by atoms with Crippen molar-refractivity contribution in [1.82, 2.24) is 4.72 Å². The van der Waals surface area contributed by atoms with Gasteiger partial charge in [0.25, 0.3) is 0 Å². The van der Waals surface area contributed by atoms with Crippen molar-refractivity contribution in [3.8, 4) is 0 Å². The molecule has 1 rings (SSSR count). The van der Waals surface area contributed by atoms with E-state index in [-0.39, 0.29) is 0 Å². The van der Waals surface area contributed by atoms with Crippen molar-refractivity contribution in [2.75, 3.05) is 6.61 Å². The van der Waals surface area contributed by atoms with E-state index in [0.29, 0.717) is 4.47 Å². The Balaban J connectivity index is 3.10. The van der Waals surface area contributed by atoms with Crippen LogP contribution in [0.2, 0.25) is 0 Å². The Morgan fingerprint density at radius 3 is 2.56 bits per heavy atom. The predicted molar refractivity (Wildman–Crippen MR) is 62.9 cm³/mol. The van der Waals surface area contributed by atoms with Gasteiger partial charge in [-0.05, 0) is 18.2 Å². The van der Waals surface area contributed by atoms with Gasteiger partial charge in [0.05, 0.1) is 6.61 Å². The molecule has 0 heterocycles. The van der Waals surface area contributed by atoms with Crippen LogP contribution in [0.15, 0.2) is 27.6 Å². The van der Waals surface area contributed by atoms with Crippen LogP contribution in [0.25, 0.3) is 0 Å². The summed E-state index contributed by atoms with van der Waals surface area (Å²) in [4.78, 5) is 9.90. The normalized spacial score (nSPS) is 13.3. The van der Waals surface area contributed by atoms with Crippen molar-refractivity contribution in [3.63, 3.8) is 0 Å². The van der Waals surface area contributed by atoms with Crippen LogP contribution in [0.1, 0.15) is 0 Å². The highest BCUT2D eigenvalue weighted by Gasteiger charge is 2.26. The number of sulfonamides is 1. The maximum absolute atomic E-state index is 13.4. The monoisotopic (exact) mass is 341 g/mol. The van der Waals surface area contributed by atoms with Crippen molar-refractivity contribution in [2.24, 2.45) is 0 Å². The lowest BCUT2D eigenvalue weighted by atomic mass is 10.3. The number of nitrogens with one attached hydrogen (secondary N) is 1. The van der Waals surface area contributed by atoms with E-state index in [1.807, 2.05) is 0 Å². The summed E-state index contributed by atoms with van der Waals surface area (Å²) in [6.45, 7) is -0.938. The Labute approximate surface area is 111 Å². The summed E-state index contributed by atoms with van der Waals surface area (Å²) in [6, 6.07) is 1.49. The molecule has 0 amide bonds. The van der Waals surface area contributed by atoms with E-state index >= 15 is 0 Å². The van der Waals surface area contributed by atoms with Gasteiger partial charge in [-0.1, -0.05) is 15.9 Å². The standard InChI is InChI=1S/C9H9BrFNO5S/c10-5-1-2-8(6(11)3-5)18(16,17)12-7(4-13)9(14)15/h1-3,7,12-13H,4H2,(H,14,15)/t7-/m0/s1. The van der Waals surface area contributed by atoms with Gasteiger partial charge in [0.2, 0.25) is 10.0 Å². The van der Waals surface area contributed by atoms with Crippen LogP contribution in [0.3, 0.4) is 0 Å². The number of aliphatic hydroxyl groups excluding tert-OH is 1. The molecule has 0 aromatic heterocycles. The molecule has 0 radical (unpaired) electrons. The third-order valence-electron chi connectivity index (χ3n) is 1.96. The first-order chi connectivity index (χ1) is 8.27. The zero-order chi connectivity index (χ0) is 13.9. The van der Waals surface area contributed by atoms with Crippen LogP contribution in [0, 0.1) is 5.82 Å². The van der Waals surface area contributed by atoms with Gasteiger partial charge in [-0.2, -0.15) is 4.72 Å². The number of hydrogen-bond donors (Lipinski definition) is 3. The van der Waals surface area contributed by atoms with Crippen LogP contribution in [-0.2, 0) is 14.8 Å². The fourth-order valence-electron chi connectivity index (χ4n) is 1.11. The summed E-state index contributed by atoms with van der Waals surface area (Å²) in [5.74, 6) is -2.59. The average molecular weight is 342 g/mol. The quantitative estimate of drug-likeness (QED) is 0.715. The minimum atomic E-state index is -4.35. The van der Waals surface area contributed by atoms with Crippen molar-refractivity contribution in [1.29, 1.82) is 0 Å². The molecule has 0 saturated carbocycles. The Kier molecular flexibility index (Phi) is 4.79. The maximum atomic E-state index is 13.4. The predicted octanol–water partition coefficient (Wildman–Crippen LogP) is 0.312. The molecule has 0 bridgehead atoms. The minimum absolute atomic E-state index is 0.343. The van der Waals surface area contributed by atoms with E-state index in [1.165, 1.54) is 6.07 Å². The first kappa shape index (κ1) is 15.0. The van der Waals surface area contributed by atoms with Crippen LogP contribution in [-0.4, -0.2) is 37.2 Å². The van der Waals surface area contributed by atoms with E-state index in [2.05, 4.69) is 15.9 Å². The molecule has 1 atom stereocenters. The molecule has 1 aromatic carbocycles. The lowest BCUT2D eigenvalue weighted by Gasteiger charge is -2.12. The number of aliphatic hydroxyl groups is 1. The van der Waals surface area contributed by atoms with Gasteiger partial charge >= 0.3 is 5.97 Å². The highest BCUT2D eigenvalue weighted by molar-refractivity contribution is 9.10. The fourth-order valence-corrected chi connectivity index (χ4v) is 2.68. The van der Waals surface area contributed by atoms with Gasteiger partial charge in [-0.15, -0.1) is 0 Å². The molecule has 0 spiro atoms. The lowest BCUT2D eigenvalue weighted by Crippen LogP contribution is -2.43. The van der Waals surface area contributed by atoms with Crippen molar-refractivity contribution < 1.29 is 27.8 Å². The third kappa shape index (κ3) is 3.48. The molecule has 0 aliphatic carbocycles. The second kappa shape index (κ2) is 5.74. The molecule has 0 fully saturated rings. The van der Waals surface area contributed by atoms with Crippen molar-refractivity contribution in [2.45, 2.75) is 10.9 Å². The van der Waals surface area contributed by atoms with Gasteiger partial charge < -0.3 is 10.2 Å². The highest BCUT2D eigenvalue weighted by Crippen LogP contribution is 2.19. The number of halogens is 2. The van der Waals surface area contributed by atoms with Crippen molar-refractivity contribution >= 4 is 31.9 Å². The van der Waals surface area contributed by atoms with Gasteiger partial charge in [-0.25, -0.2) is 12.8 Å². The van der Waals surface area contributed by atoms with E-state index < -0.39 is 39.4 Å². The molecule has 3 N–H and O–H groups in total. The number of carboxylic acid groups (broad SMARTS) is 1. The van der Waals surface area contributed by atoms with E-state index in [0.717, 1.165) is 12.1 Å². The smallest absolute Gasteiger partial charge is 0.324 e. The summed E-state index contributed by atoms with van der Waals surface area (Å²) >= 11 is 2.96. The summed E-state index contributed by atoms with van der Waals surface area (Å²) < 4.78 is 38.9. The first-order valence-corrected chi connectivity index (χ1v) is 6.86. The number of aliphatic carboxylic acids is 1. The Bertz CT molecular complexity index is 562. The Morgan fingerprint density at radius 2 is 2.11 bits per heavy atom. The molecule has 0 aliphatic rings. The third-order valence-corrected chi connectivity index (χ3v) is 3.96. The summed E-state index contributed by atoms with van der Waals surface area (Å²) in [5.41, 5.74) is 0. The number of carbonyl (C=O) groups is 1. The zero-order valence-corrected chi connectivity index (χ0v) is 11.2. The molecule has 6 nitrogen and oxygen atoms in total. The van der Waals surface area contributed by atoms with E-state index in [1.54, 1.807) is 4.72 Å². The topological polar surface area (TPSA) is 104 Å². The van der Waals surface area contributed by atoms with Gasteiger partial charge in [0.1, 0.15) is 16.8 Å². The molecule has 100 valence electrons. The Morgan fingerprint density at radius 1 is 1.50 bits per heavy atom. The number of benzene rings is 1. The second-order valence-corrected chi connectivity index (χ2v) is 5.87. The first-order valence-electron chi connectivity index (χ1n) is 4.59. The Hall–Kier alpha value is -1.03. The molecule has 0 unspecified atom stereocenters.